The molecular formula is C19H20N2O. The Kier molecular flexibility index (Phi) is 4.41. The van der Waals surface area contributed by atoms with Crippen molar-refractivity contribution < 1.29 is 4.74 Å². The van der Waals surface area contributed by atoms with E-state index in [4.69, 9.17) is 10.00 Å². The molecule has 3 nitrogen and oxygen atoms in total. The monoisotopic (exact) mass is 292 g/mol. The lowest BCUT2D eigenvalue weighted by molar-refractivity contribution is 0.248. The van der Waals surface area contributed by atoms with Gasteiger partial charge in [-0.1, -0.05) is 24.3 Å². The fraction of sp³-hybridized carbons (Fsp3) is 0.316. The normalized spacial score (nSPS) is 18.1. The second-order valence-electron chi connectivity index (χ2n) is 5.71. The summed E-state index contributed by atoms with van der Waals surface area (Å²) >= 11 is 0. The SMILES string of the molecule is COc1ccc(C2CCCN2Cc2cccc(C#N)c2)cc1. The largest absolute Gasteiger partial charge is 0.497 e. The third-order valence-corrected chi connectivity index (χ3v) is 4.31. The smallest absolute Gasteiger partial charge is 0.118 e. The number of benzene rings is 2. The van der Waals surface area contributed by atoms with Crippen LogP contribution in [-0.4, -0.2) is 18.6 Å². The molecule has 0 spiro atoms. The van der Waals surface area contributed by atoms with Crippen molar-refractivity contribution in [1.82, 2.24) is 4.90 Å². The summed E-state index contributed by atoms with van der Waals surface area (Å²) in [7, 11) is 1.69. The highest BCUT2D eigenvalue weighted by Crippen LogP contribution is 2.33. The predicted molar refractivity (Wildman–Crippen MR) is 86.5 cm³/mol. The van der Waals surface area contributed by atoms with Gasteiger partial charge in [0.1, 0.15) is 5.75 Å². The van der Waals surface area contributed by atoms with Crippen molar-refractivity contribution in [3.63, 3.8) is 0 Å². The van der Waals surface area contributed by atoms with Gasteiger partial charge in [-0.05, 0) is 54.8 Å². The first-order chi connectivity index (χ1) is 10.8. The third-order valence-electron chi connectivity index (χ3n) is 4.31. The van der Waals surface area contributed by atoms with Crippen molar-refractivity contribution in [3.05, 3.63) is 65.2 Å². The fourth-order valence-corrected chi connectivity index (χ4v) is 3.19. The van der Waals surface area contributed by atoms with Crippen LogP contribution in [0.2, 0.25) is 0 Å². The Labute approximate surface area is 131 Å². The van der Waals surface area contributed by atoms with E-state index in [-0.39, 0.29) is 0 Å². The number of methoxy groups -OCH3 is 1. The highest BCUT2D eigenvalue weighted by molar-refractivity contribution is 5.33. The minimum Gasteiger partial charge on any atom is -0.497 e. The summed E-state index contributed by atoms with van der Waals surface area (Å²) < 4.78 is 5.24. The van der Waals surface area contributed by atoms with Crippen LogP contribution < -0.4 is 4.74 Å². The number of hydrogen-bond acceptors (Lipinski definition) is 3. The van der Waals surface area contributed by atoms with Crippen LogP contribution in [0.3, 0.4) is 0 Å². The average Bonchev–Trinajstić information content (AvgIpc) is 3.03. The number of hydrogen-bond donors (Lipinski definition) is 0. The zero-order chi connectivity index (χ0) is 15.4. The Morgan fingerprint density at radius 2 is 2.05 bits per heavy atom. The van der Waals surface area contributed by atoms with E-state index in [1.165, 1.54) is 24.0 Å². The van der Waals surface area contributed by atoms with Gasteiger partial charge in [-0.3, -0.25) is 4.90 Å². The minimum absolute atomic E-state index is 0.455. The molecule has 1 aliphatic heterocycles. The Bertz CT molecular complexity index is 673. The molecule has 3 heteroatoms. The van der Waals surface area contributed by atoms with Gasteiger partial charge in [0, 0.05) is 12.6 Å². The first-order valence-corrected chi connectivity index (χ1v) is 7.67. The van der Waals surface area contributed by atoms with Gasteiger partial charge in [0.05, 0.1) is 18.7 Å². The van der Waals surface area contributed by atoms with Crippen molar-refractivity contribution in [2.24, 2.45) is 0 Å². The van der Waals surface area contributed by atoms with Gasteiger partial charge < -0.3 is 4.74 Å². The molecule has 22 heavy (non-hydrogen) atoms. The third kappa shape index (κ3) is 3.13. The van der Waals surface area contributed by atoms with E-state index in [2.05, 4.69) is 29.2 Å². The van der Waals surface area contributed by atoms with Gasteiger partial charge in [-0.2, -0.15) is 5.26 Å². The van der Waals surface area contributed by atoms with E-state index in [9.17, 15) is 0 Å². The zero-order valence-electron chi connectivity index (χ0n) is 12.8. The number of rotatable bonds is 4. The minimum atomic E-state index is 0.455. The van der Waals surface area contributed by atoms with Crippen LogP contribution in [0.25, 0.3) is 0 Å². The van der Waals surface area contributed by atoms with E-state index in [1.807, 2.05) is 30.3 Å². The lowest BCUT2D eigenvalue weighted by Crippen LogP contribution is -2.22. The molecule has 0 N–H and O–H groups in total. The zero-order valence-corrected chi connectivity index (χ0v) is 12.8. The van der Waals surface area contributed by atoms with Gasteiger partial charge in [0.2, 0.25) is 0 Å². The topological polar surface area (TPSA) is 36.3 Å². The first kappa shape index (κ1) is 14.6. The van der Waals surface area contributed by atoms with Crippen LogP contribution >= 0.6 is 0 Å². The summed E-state index contributed by atoms with van der Waals surface area (Å²) in [6.07, 6.45) is 2.40. The molecule has 0 saturated carbocycles. The summed E-state index contributed by atoms with van der Waals surface area (Å²) in [5.74, 6) is 0.898. The van der Waals surface area contributed by atoms with Crippen molar-refractivity contribution in [2.75, 3.05) is 13.7 Å². The standard InChI is InChI=1S/C19H20N2O/c1-22-18-9-7-17(8-10-18)19-6-3-11-21(19)14-16-5-2-4-15(12-16)13-20/h2,4-5,7-10,12,19H,3,6,11,14H2,1H3. The maximum Gasteiger partial charge on any atom is 0.118 e. The lowest BCUT2D eigenvalue weighted by Gasteiger charge is -2.25. The molecule has 1 atom stereocenters. The van der Waals surface area contributed by atoms with Gasteiger partial charge in [-0.15, -0.1) is 0 Å². The van der Waals surface area contributed by atoms with Crippen molar-refractivity contribution in [3.8, 4) is 11.8 Å². The summed E-state index contributed by atoms with van der Waals surface area (Å²) in [4.78, 5) is 2.50. The highest BCUT2D eigenvalue weighted by Gasteiger charge is 2.25. The van der Waals surface area contributed by atoms with E-state index >= 15 is 0 Å². The highest BCUT2D eigenvalue weighted by atomic mass is 16.5. The Morgan fingerprint density at radius 3 is 2.77 bits per heavy atom. The molecule has 1 fully saturated rings. The Morgan fingerprint density at radius 1 is 1.23 bits per heavy atom. The van der Waals surface area contributed by atoms with Crippen LogP contribution in [0.15, 0.2) is 48.5 Å². The summed E-state index contributed by atoms with van der Waals surface area (Å²) in [6.45, 7) is 2.00. The van der Waals surface area contributed by atoms with Gasteiger partial charge >= 0.3 is 0 Å². The first-order valence-electron chi connectivity index (χ1n) is 7.67. The van der Waals surface area contributed by atoms with Crippen molar-refractivity contribution >= 4 is 0 Å². The molecule has 0 radical (unpaired) electrons. The molecule has 1 heterocycles. The molecule has 2 aromatic rings. The van der Waals surface area contributed by atoms with Crippen molar-refractivity contribution in [1.29, 1.82) is 5.26 Å². The molecule has 2 aromatic carbocycles. The van der Waals surface area contributed by atoms with Crippen LogP contribution in [0.4, 0.5) is 0 Å². The quantitative estimate of drug-likeness (QED) is 0.857. The summed E-state index contributed by atoms with van der Waals surface area (Å²) in [6, 6.07) is 19.0. The van der Waals surface area contributed by atoms with Crippen LogP contribution in [0.5, 0.6) is 5.75 Å². The summed E-state index contributed by atoms with van der Waals surface area (Å²) in [5, 5.41) is 9.03. The predicted octanol–water partition coefficient (Wildman–Crippen LogP) is 3.90. The molecule has 0 amide bonds. The molecule has 3 rings (SSSR count). The fourth-order valence-electron chi connectivity index (χ4n) is 3.19. The Hall–Kier alpha value is -2.31. The number of ether oxygens (including phenoxy) is 1. The Balaban J connectivity index is 1.76. The lowest BCUT2D eigenvalue weighted by atomic mass is 10.0. The van der Waals surface area contributed by atoms with Crippen LogP contribution in [0.1, 0.15) is 35.6 Å². The van der Waals surface area contributed by atoms with E-state index in [0.29, 0.717) is 6.04 Å². The molecular weight excluding hydrogens is 272 g/mol. The molecule has 0 aliphatic carbocycles. The van der Waals surface area contributed by atoms with Gasteiger partial charge in [0.15, 0.2) is 0 Å². The molecule has 1 aliphatic rings. The molecule has 112 valence electrons. The van der Waals surface area contributed by atoms with E-state index in [1.54, 1.807) is 7.11 Å². The van der Waals surface area contributed by atoms with Crippen LogP contribution in [-0.2, 0) is 6.54 Å². The second kappa shape index (κ2) is 6.64. The maximum atomic E-state index is 9.03. The molecule has 1 unspecified atom stereocenters. The van der Waals surface area contributed by atoms with Gasteiger partial charge in [0.25, 0.3) is 0 Å². The molecule has 0 aromatic heterocycles. The van der Waals surface area contributed by atoms with Crippen molar-refractivity contribution in [2.45, 2.75) is 25.4 Å². The van der Waals surface area contributed by atoms with E-state index in [0.717, 1.165) is 24.4 Å². The number of nitrogens with zero attached hydrogens (tertiary/aromatic N) is 2. The molecule has 0 bridgehead atoms. The number of likely N-dealkylation sites (tertiary alicyclic amines) is 1. The van der Waals surface area contributed by atoms with E-state index < -0.39 is 0 Å². The second-order valence-corrected chi connectivity index (χ2v) is 5.71. The average molecular weight is 292 g/mol. The summed E-state index contributed by atoms with van der Waals surface area (Å²) in [5.41, 5.74) is 3.28. The molecule has 1 saturated heterocycles. The van der Waals surface area contributed by atoms with Crippen LogP contribution in [0, 0.1) is 11.3 Å². The number of nitriles is 1. The maximum absolute atomic E-state index is 9.03. The van der Waals surface area contributed by atoms with Gasteiger partial charge in [-0.25, -0.2) is 0 Å².